The minimum absolute atomic E-state index is 0.377. The highest BCUT2D eigenvalue weighted by Gasteiger charge is 2.13. The molecule has 27 heavy (non-hydrogen) atoms. The van der Waals surface area contributed by atoms with Crippen molar-refractivity contribution in [1.82, 2.24) is 4.57 Å². The van der Waals surface area contributed by atoms with Crippen LogP contribution in [0.15, 0.2) is 60.1 Å². The summed E-state index contributed by atoms with van der Waals surface area (Å²) < 4.78 is 13.0. The van der Waals surface area contributed by atoms with Gasteiger partial charge in [-0.15, -0.1) is 6.58 Å². The SMILES string of the molecule is C=CCn1c(=NC(=O)c2ccc(C(=O)OC)cc2)sc2cccc(OC)c21. The van der Waals surface area contributed by atoms with E-state index in [-0.39, 0.29) is 0 Å². The number of carbonyl (C=O) groups excluding carboxylic acids is 2. The van der Waals surface area contributed by atoms with Crippen molar-refractivity contribution in [2.45, 2.75) is 6.54 Å². The smallest absolute Gasteiger partial charge is 0.337 e. The number of esters is 1. The molecule has 0 radical (unpaired) electrons. The molecule has 0 atom stereocenters. The first kappa shape index (κ1) is 18.6. The first-order chi connectivity index (χ1) is 13.1. The molecular formula is C20H18N2O4S. The minimum Gasteiger partial charge on any atom is -0.495 e. The van der Waals surface area contributed by atoms with Gasteiger partial charge in [-0.3, -0.25) is 4.79 Å². The summed E-state index contributed by atoms with van der Waals surface area (Å²) in [5.41, 5.74) is 1.64. The van der Waals surface area contributed by atoms with Gasteiger partial charge in [0.25, 0.3) is 5.91 Å². The summed E-state index contributed by atoms with van der Waals surface area (Å²) in [5, 5.41) is 0. The van der Waals surface area contributed by atoms with Crippen molar-refractivity contribution in [3.8, 4) is 5.75 Å². The molecule has 0 N–H and O–H groups in total. The van der Waals surface area contributed by atoms with E-state index >= 15 is 0 Å². The Morgan fingerprint density at radius 1 is 1.15 bits per heavy atom. The second-order valence-corrected chi connectivity index (χ2v) is 6.59. The fourth-order valence-corrected chi connectivity index (χ4v) is 3.72. The molecule has 6 nitrogen and oxygen atoms in total. The summed E-state index contributed by atoms with van der Waals surface area (Å²) in [6.45, 7) is 4.28. The van der Waals surface area contributed by atoms with Gasteiger partial charge >= 0.3 is 5.97 Å². The van der Waals surface area contributed by atoms with Crippen molar-refractivity contribution in [2.75, 3.05) is 14.2 Å². The van der Waals surface area contributed by atoms with Crippen LogP contribution in [0.2, 0.25) is 0 Å². The molecule has 2 aromatic carbocycles. The number of benzene rings is 2. The molecule has 0 spiro atoms. The molecule has 0 fully saturated rings. The molecule has 0 saturated carbocycles. The van der Waals surface area contributed by atoms with Gasteiger partial charge in [-0.2, -0.15) is 4.99 Å². The molecular weight excluding hydrogens is 364 g/mol. The summed E-state index contributed by atoms with van der Waals surface area (Å²) in [5.74, 6) is -0.136. The summed E-state index contributed by atoms with van der Waals surface area (Å²) in [4.78, 5) is 28.9. The fraction of sp³-hybridized carbons (Fsp3) is 0.150. The first-order valence-electron chi connectivity index (χ1n) is 8.13. The minimum atomic E-state index is -0.452. The van der Waals surface area contributed by atoms with Gasteiger partial charge in [0.15, 0.2) is 4.80 Å². The van der Waals surface area contributed by atoms with Crippen molar-refractivity contribution in [1.29, 1.82) is 0 Å². The molecule has 1 aromatic heterocycles. The average Bonchev–Trinajstić information content (AvgIpc) is 3.05. The third kappa shape index (κ3) is 3.68. The van der Waals surface area contributed by atoms with Crippen LogP contribution in [0.25, 0.3) is 10.2 Å². The van der Waals surface area contributed by atoms with Crippen LogP contribution in [-0.4, -0.2) is 30.7 Å². The van der Waals surface area contributed by atoms with Crippen LogP contribution in [0.1, 0.15) is 20.7 Å². The predicted octanol–water partition coefficient (Wildman–Crippen LogP) is 3.43. The number of para-hydroxylation sites is 1. The van der Waals surface area contributed by atoms with Crippen molar-refractivity contribution in [2.24, 2.45) is 4.99 Å². The van der Waals surface area contributed by atoms with E-state index in [1.54, 1.807) is 37.5 Å². The standard InChI is InChI=1S/C20H18N2O4S/c1-4-12-22-17-15(25-2)6-5-7-16(17)27-20(22)21-18(23)13-8-10-14(11-9-13)19(24)26-3/h4-11H,1,12H2,2-3H3. The molecule has 1 amide bonds. The number of ether oxygens (including phenoxy) is 2. The number of hydrogen-bond acceptors (Lipinski definition) is 5. The second kappa shape index (κ2) is 8.01. The van der Waals surface area contributed by atoms with Gasteiger partial charge in [-0.05, 0) is 36.4 Å². The van der Waals surface area contributed by atoms with E-state index in [9.17, 15) is 9.59 Å². The Hall–Kier alpha value is -3.19. The van der Waals surface area contributed by atoms with Gasteiger partial charge in [0.05, 0.1) is 24.5 Å². The lowest BCUT2D eigenvalue weighted by molar-refractivity contribution is 0.0600. The number of methoxy groups -OCH3 is 2. The number of amides is 1. The Bertz CT molecular complexity index is 1080. The van der Waals surface area contributed by atoms with E-state index in [0.717, 1.165) is 10.2 Å². The van der Waals surface area contributed by atoms with E-state index in [4.69, 9.17) is 4.74 Å². The largest absolute Gasteiger partial charge is 0.495 e. The molecule has 0 aliphatic heterocycles. The monoisotopic (exact) mass is 382 g/mol. The lowest BCUT2D eigenvalue weighted by Crippen LogP contribution is -2.16. The number of hydrogen-bond donors (Lipinski definition) is 0. The van der Waals surface area contributed by atoms with E-state index < -0.39 is 11.9 Å². The van der Waals surface area contributed by atoms with E-state index in [0.29, 0.717) is 28.2 Å². The number of rotatable bonds is 5. The first-order valence-corrected chi connectivity index (χ1v) is 8.95. The lowest BCUT2D eigenvalue weighted by atomic mass is 10.1. The number of nitrogens with zero attached hydrogens (tertiary/aromatic N) is 2. The van der Waals surface area contributed by atoms with Crippen LogP contribution in [0.4, 0.5) is 0 Å². The fourth-order valence-electron chi connectivity index (χ4n) is 2.66. The summed E-state index contributed by atoms with van der Waals surface area (Å²) >= 11 is 1.40. The maximum absolute atomic E-state index is 12.6. The van der Waals surface area contributed by atoms with Crippen LogP contribution in [-0.2, 0) is 11.3 Å². The number of aromatic nitrogens is 1. The van der Waals surface area contributed by atoms with Crippen LogP contribution in [0, 0.1) is 0 Å². The molecule has 0 aliphatic carbocycles. The molecule has 0 bridgehead atoms. The summed E-state index contributed by atoms with van der Waals surface area (Å²) in [7, 11) is 2.92. The normalized spacial score (nSPS) is 11.4. The highest BCUT2D eigenvalue weighted by molar-refractivity contribution is 7.16. The third-order valence-electron chi connectivity index (χ3n) is 3.95. The van der Waals surface area contributed by atoms with Gasteiger partial charge in [0.2, 0.25) is 0 Å². The highest BCUT2D eigenvalue weighted by atomic mass is 32.1. The molecule has 138 valence electrons. The highest BCUT2D eigenvalue weighted by Crippen LogP contribution is 2.27. The zero-order valence-electron chi connectivity index (χ0n) is 15.0. The molecule has 0 saturated heterocycles. The molecule has 1 heterocycles. The van der Waals surface area contributed by atoms with Crippen LogP contribution >= 0.6 is 11.3 Å². The Labute approximate surface area is 160 Å². The van der Waals surface area contributed by atoms with Gasteiger partial charge in [0, 0.05) is 12.1 Å². The van der Waals surface area contributed by atoms with Gasteiger partial charge in [0.1, 0.15) is 11.3 Å². The van der Waals surface area contributed by atoms with Crippen molar-refractivity contribution >= 4 is 33.4 Å². The number of fused-ring (bicyclic) bond motifs is 1. The van der Waals surface area contributed by atoms with Crippen molar-refractivity contribution < 1.29 is 19.1 Å². The number of allylic oxidation sites excluding steroid dienone is 1. The maximum Gasteiger partial charge on any atom is 0.337 e. The Kier molecular flexibility index (Phi) is 5.52. The molecule has 3 rings (SSSR count). The Morgan fingerprint density at radius 3 is 2.48 bits per heavy atom. The Morgan fingerprint density at radius 2 is 1.85 bits per heavy atom. The summed E-state index contributed by atoms with van der Waals surface area (Å²) in [6.07, 6.45) is 1.74. The van der Waals surface area contributed by atoms with E-state index in [2.05, 4.69) is 16.3 Å². The topological polar surface area (TPSA) is 69.9 Å². The lowest BCUT2D eigenvalue weighted by Gasteiger charge is -2.06. The van der Waals surface area contributed by atoms with Gasteiger partial charge in [-0.25, -0.2) is 4.79 Å². The zero-order valence-corrected chi connectivity index (χ0v) is 15.8. The average molecular weight is 382 g/mol. The molecule has 3 aromatic rings. The van der Waals surface area contributed by atoms with Crippen molar-refractivity contribution in [3.63, 3.8) is 0 Å². The van der Waals surface area contributed by atoms with Crippen LogP contribution in [0.5, 0.6) is 5.75 Å². The van der Waals surface area contributed by atoms with E-state index in [1.807, 2.05) is 22.8 Å². The maximum atomic E-state index is 12.6. The van der Waals surface area contributed by atoms with Crippen molar-refractivity contribution in [3.05, 3.63) is 71.0 Å². The van der Waals surface area contributed by atoms with Crippen LogP contribution in [0.3, 0.4) is 0 Å². The van der Waals surface area contributed by atoms with Crippen LogP contribution < -0.4 is 9.54 Å². The predicted molar refractivity (Wildman–Crippen MR) is 104 cm³/mol. The number of thiazole rings is 1. The molecule has 0 aliphatic rings. The quantitative estimate of drug-likeness (QED) is 0.501. The second-order valence-electron chi connectivity index (χ2n) is 5.58. The number of carbonyl (C=O) groups is 2. The van der Waals surface area contributed by atoms with E-state index in [1.165, 1.54) is 18.4 Å². The Balaban J connectivity index is 2.07. The van der Waals surface area contributed by atoms with Gasteiger partial charge in [-0.1, -0.05) is 23.5 Å². The summed E-state index contributed by atoms with van der Waals surface area (Å²) in [6, 6.07) is 11.9. The molecule has 7 heteroatoms. The third-order valence-corrected chi connectivity index (χ3v) is 4.99. The zero-order chi connectivity index (χ0) is 19.4. The molecule has 0 unspecified atom stereocenters. The van der Waals surface area contributed by atoms with Gasteiger partial charge < -0.3 is 14.0 Å².